The molecular weight excluding hydrogens is 310 g/mol. The van der Waals surface area contributed by atoms with Crippen molar-refractivity contribution in [2.24, 2.45) is 22.7 Å². The molecule has 3 unspecified atom stereocenters. The van der Waals surface area contributed by atoms with Crippen LogP contribution in [0.15, 0.2) is 17.1 Å². The van der Waals surface area contributed by atoms with Gasteiger partial charge in [0.2, 0.25) is 0 Å². The largest absolute Gasteiger partial charge is 0.356 e. The standard InChI is InChI=1S/C17H31N3O2S/c1-13(2)9-18-17(20-7-5-14(3)15(4)11-20)19-10-16-6-8-23(21,22)12-16/h14-16H,1,5-12H2,2-4H3,(H,18,19). The molecule has 0 spiro atoms. The third-order valence-corrected chi connectivity index (χ3v) is 6.84. The van der Waals surface area contributed by atoms with Crippen LogP contribution in [0.3, 0.4) is 0 Å². The summed E-state index contributed by atoms with van der Waals surface area (Å²) in [5.41, 5.74) is 1.03. The van der Waals surface area contributed by atoms with Crippen molar-refractivity contribution >= 4 is 15.8 Å². The zero-order chi connectivity index (χ0) is 17.0. The quantitative estimate of drug-likeness (QED) is 0.482. The number of likely N-dealkylation sites (tertiary alicyclic amines) is 1. The van der Waals surface area contributed by atoms with Crippen LogP contribution in [0.1, 0.15) is 33.6 Å². The molecule has 0 aromatic heterocycles. The maximum atomic E-state index is 11.6. The van der Waals surface area contributed by atoms with Gasteiger partial charge in [-0.3, -0.25) is 0 Å². The second-order valence-electron chi connectivity index (χ2n) is 7.44. The molecule has 0 amide bonds. The summed E-state index contributed by atoms with van der Waals surface area (Å²) in [5, 5.41) is 3.43. The number of aliphatic imine (C=N–C) groups is 1. The van der Waals surface area contributed by atoms with E-state index in [4.69, 9.17) is 0 Å². The Hall–Kier alpha value is -1.04. The highest BCUT2D eigenvalue weighted by molar-refractivity contribution is 7.91. The Morgan fingerprint density at radius 1 is 1.30 bits per heavy atom. The Labute approximate surface area is 141 Å². The lowest BCUT2D eigenvalue weighted by Crippen LogP contribution is -2.49. The summed E-state index contributed by atoms with van der Waals surface area (Å²) in [4.78, 5) is 7.00. The van der Waals surface area contributed by atoms with Crippen LogP contribution >= 0.6 is 0 Å². The Balaban J connectivity index is 1.97. The second-order valence-corrected chi connectivity index (χ2v) is 9.66. The number of guanidine groups is 1. The van der Waals surface area contributed by atoms with Gasteiger partial charge in [-0.1, -0.05) is 26.0 Å². The van der Waals surface area contributed by atoms with Crippen LogP contribution < -0.4 is 5.32 Å². The maximum Gasteiger partial charge on any atom is 0.194 e. The molecule has 2 rings (SSSR count). The van der Waals surface area contributed by atoms with Gasteiger partial charge in [0, 0.05) is 19.6 Å². The van der Waals surface area contributed by atoms with Crippen molar-refractivity contribution in [3.05, 3.63) is 12.2 Å². The summed E-state index contributed by atoms with van der Waals surface area (Å²) in [5.74, 6) is 3.14. The SMILES string of the molecule is C=C(C)CN=C(NCC1CCS(=O)(=O)C1)N1CCC(C)C(C)C1. The molecule has 2 aliphatic heterocycles. The van der Waals surface area contributed by atoms with Crippen molar-refractivity contribution in [3.63, 3.8) is 0 Å². The van der Waals surface area contributed by atoms with Crippen LogP contribution in [-0.2, 0) is 9.84 Å². The van der Waals surface area contributed by atoms with Crippen LogP contribution in [0.2, 0.25) is 0 Å². The molecule has 0 saturated carbocycles. The minimum absolute atomic E-state index is 0.205. The van der Waals surface area contributed by atoms with Crippen LogP contribution in [0, 0.1) is 17.8 Å². The van der Waals surface area contributed by atoms with E-state index in [2.05, 4.69) is 35.6 Å². The summed E-state index contributed by atoms with van der Waals surface area (Å²) >= 11 is 0. The van der Waals surface area contributed by atoms with Crippen LogP contribution in [0.5, 0.6) is 0 Å². The van der Waals surface area contributed by atoms with Crippen molar-refractivity contribution < 1.29 is 8.42 Å². The molecule has 0 bridgehead atoms. The first-order valence-corrected chi connectivity index (χ1v) is 10.5. The molecule has 2 fully saturated rings. The molecular formula is C17H31N3O2S. The van der Waals surface area contributed by atoms with E-state index < -0.39 is 9.84 Å². The van der Waals surface area contributed by atoms with Gasteiger partial charge >= 0.3 is 0 Å². The molecule has 3 atom stereocenters. The summed E-state index contributed by atoms with van der Waals surface area (Å²) in [6, 6.07) is 0. The van der Waals surface area contributed by atoms with Crippen molar-refractivity contribution in [3.8, 4) is 0 Å². The van der Waals surface area contributed by atoms with Crippen molar-refractivity contribution in [1.82, 2.24) is 10.2 Å². The monoisotopic (exact) mass is 341 g/mol. The van der Waals surface area contributed by atoms with E-state index in [9.17, 15) is 8.42 Å². The fraction of sp³-hybridized carbons (Fsp3) is 0.824. The fourth-order valence-electron chi connectivity index (χ4n) is 3.20. The molecule has 2 aliphatic rings. The molecule has 0 radical (unpaired) electrons. The summed E-state index contributed by atoms with van der Waals surface area (Å²) in [6.07, 6.45) is 1.93. The van der Waals surface area contributed by atoms with E-state index >= 15 is 0 Å². The Morgan fingerprint density at radius 3 is 2.61 bits per heavy atom. The number of piperidine rings is 1. The highest BCUT2D eigenvalue weighted by Gasteiger charge is 2.29. The van der Waals surface area contributed by atoms with Crippen LogP contribution in [0.4, 0.5) is 0 Å². The molecule has 2 heterocycles. The van der Waals surface area contributed by atoms with Crippen molar-refractivity contribution in [2.75, 3.05) is 37.7 Å². The molecule has 1 N–H and O–H groups in total. The lowest BCUT2D eigenvalue weighted by atomic mass is 9.89. The molecule has 2 saturated heterocycles. The third kappa shape index (κ3) is 5.52. The first-order chi connectivity index (χ1) is 10.8. The maximum absolute atomic E-state index is 11.6. The van der Waals surface area contributed by atoms with Gasteiger partial charge in [-0.25, -0.2) is 13.4 Å². The first-order valence-electron chi connectivity index (χ1n) is 8.65. The lowest BCUT2D eigenvalue weighted by Gasteiger charge is -2.37. The Morgan fingerprint density at radius 2 is 2.04 bits per heavy atom. The van der Waals surface area contributed by atoms with E-state index in [1.165, 1.54) is 6.42 Å². The van der Waals surface area contributed by atoms with Gasteiger partial charge in [-0.15, -0.1) is 0 Å². The highest BCUT2D eigenvalue weighted by atomic mass is 32.2. The van der Waals surface area contributed by atoms with E-state index in [-0.39, 0.29) is 5.92 Å². The highest BCUT2D eigenvalue weighted by Crippen LogP contribution is 2.23. The molecule has 0 aromatic carbocycles. The first kappa shape index (κ1) is 18.3. The van der Waals surface area contributed by atoms with Gasteiger partial charge in [0.25, 0.3) is 0 Å². The van der Waals surface area contributed by atoms with Crippen LogP contribution in [-0.4, -0.2) is 57.0 Å². The summed E-state index contributed by atoms with van der Waals surface area (Å²) < 4.78 is 23.2. The number of sulfone groups is 1. The lowest BCUT2D eigenvalue weighted by molar-refractivity contribution is 0.199. The molecule has 0 aromatic rings. The molecule has 5 nitrogen and oxygen atoms in total. The van der Waals surface area contributed by atoms with Gasteiger partial charge in [-0.2, -0.15) is 0 Å². The van der Waals surface area contributed by atoms with E-state index in [0.717, 1.165) is 37.0 Å². The fourth-order valence-corrected chi connectivity index (χ4v) is 5.06. The second kappa shape index (κ2) is 7.69. The predicted octanol–water partition coefficient (Wildman–Crippen LogP) is 1.92. The number of nitrogens with zero attached hydrogens (tertiary/aromatic N) is 2. The van der Waals surface area contributed by atoms with Crippen LogP contribution in [0.25, 0.3) is 0 Å². The topological polar surface area (TPSA) is 61.8 Å². The number of hydrogen-bond acceptors (Lipinski definition) is 3. The summed E-state index contributed by atoms with van der Waals surface area (Å²) in [6.45, 7) is 13.8. The van der Waals surface area contributed by atoms with E-state index in [0.29, 0.717) is 30.5 Å². The number of hydrogen-bond donors (Lipinski definition) is 1. The van der Waals surface area contributed by atoms with Gasteiger partial charge in [0.1, 0.15) is 0 Å². The van der Waals surface area contributed by atoms with Gasteiger partial charge in [0.15, 0.2) is 15.8 Å². The normalized spacial score (nSPS) is 31.2. The predicted molar refractivity (Wildman–Crippen MR) is 96.4 cm³/mol. The van der Waals surface area contributed by atoms with Gasteiger partial charge in [0.05, 0.1) is 18.1 Å². The molecule has 0 aliphatic carbocycles. The molecule has 23 heavy (non-hydrogen) atoms. The number of rotatable bonds is 4. The van der Waals surface area contributed by atoms with E-state index in [1.807, 2.05) is 6.92 Å². The van der Waals surface area contributed by atoms with Gasteiger partial charge in [-0.05, 0) is 37.5 Å². The Kier molecular flexibility index (Phi) is 6.12. The number of nitrogens with one attached hydrogen (secondary N) is 1. The van der Waals surface area contributed by atoms with Crippen molar-refractivity contribution in [1.29, 1.82) is 0 Å². The Bertz CT molecular complexity index is 556. The molecule has 6 heteroatoms. The van der Waals surface area contributed by atoms with Crippen molar-refractivity contribution in [2.45, 2.75) is 33.6 Å². The van der Waals surface area contributed by atoms with E-state index in [1.54, 1.807) is 0 Å². The minimum Gasteiger partial charge on any atom is -0.356 e. The zero-order valence-corrected chi connectivity index (χ0v) is 15.5. The third-order valence-electron chi connectivity index (χ3n) is 5.01. The van der Waals surface area contributed by atoms with Gasteiger partial charge < -0.3 is 10.2 Å². The average molecular weight is 342 g/mol. The smallest absolute Gasteiger partial charge is 0.194 e. The molecule has 132 valence electrons. The zero-order valence-electron chi connectivity index (χ0n) is 14.7. The minimum atomic E-state index is -2.82. The summed E-state index contributed by atoms with van der Waals surface area (Å²) in [7, 11) is -2.82. The average Bonchev–Trinajstić information content (AvgIpc) is 2.81.